The lowest BCUT2D eigenvalue weighted by molar-refractivity contribution is 0.607. The minimum Gasteiger partial charge on any atom is -0.353 e. The summed E-state index contributed by atoms with van der Waals surface area (Å²) in [5.41, 5.74) is 1.61. The maximum atomic E-state index is 13.6. The summed E-state index contributed by atoms with van der Waals surface area (Å²) in [6, 6.07) is 5.91. The van der Waals surface area contributed by atoms with Gasteiger partial charge in [-0.3, -0.25) is 4.99 Å². The van der Waals surface area contributed by atoms with Crippen LogP contribution >= 0.6 is 24.0 Å². The first kappa shape index (κ1) is 18.2. The summed E-state index contributed by atoms with van der Waals surface area (Å²) in [4.78, 5) is 4.44. The lowest BCUT2D eigenvalue weighted by Crippen LogP contribution is -2.40. The number of rotatable bonds is 4. The predicted octanol–water partition coefficient (Wildman–Crippen LogP) is 3.78. The van der Waals surface area contributed by atoms with Gasteiger partial charge in [-0.1, -0.05) is 19.1 Å². The number of guanidine groups is 1. The van der Waals surface area contributed by atoms with Crippen molar-refractivity contribution in [3.05, 3.63) is 35.1 Å². The van der Waals surface area contributed by atoms with Gasteiger partial charge in [-0.2, -0.15) is 0 Å². The first-order valence-corrected chi connectivity index (χ1v) is 7.34. The lowest BCUT2D eigenvalue weighted by atomic mass is 10.1. The van der Waals surface area contributed by atoms with Crippen LogP contribution in [-0.4, -0.2) is 18.5 Å². The van der Waals surface area contributed by atoms with Crippen LogP contribution in [0.1, 0.15) is 44.4 Å². The van der Waals surface area contributed by atoms with Gasteiger partial charge in [0.25, 0.3) is 0 Å². The van der Waals surface area contributed by atoms with E-state index in [1.165, 1.54) is 6.42 Å². The fourth-order valence-electron chi connectivity index (χ4n) is 2.16. The Morgan fingerprint density at radius 3 is 2.67 bits per heavy atom. The highest BCUT2D eigenvalue weighted by molar-refractivity contribution is 14.0. The molecule has 2 rings (SSSR count). The number of benzene rings is 1. The Hall–Kier alpha value is -0.850. The van der Waals surface area contributed by atoms with Gasteiger partial charge in [0.1, 0.15) is 5.82 Å². The van der Waals surface area contributed by atoms with E-state index in [0.717, 1.165) is 18.1 Å². The van der Waals surface area contributed by atoms with Crippen molar-refractivity contribution in [3.63, 3.8) is 0 Å². The smallest absolute Gasteiger partial charge is 0.191 e. The van der Waals surface area contributed by atoms with E-state index >= 15 is 0 Å². The van der Waals surface area contributed by atoms with Crippen LogP contribution < -0.4 is 10.6 Å². The van der Waals surface area contributed by atoms with Gasteiger partial charge in [0.2, 0.25) is 0 Å². The van der Waals surface area contributed by atoms with Crippen LogP contribution in [0.5, 0.6) is 0 Å². The number of nitrogens with zero attached hydrogens (tertiary/aromatic N) is 1. The van der Waals surface area contributed by atoms with E-state index in [0.29, 0.717) is 17.5 Å². The highest BCUT2D eigenvalue weighted by Crippen LogP contribution is 2.29. The summed E-state index contributed by atoms with van der Waals surface area (Å²) in [6.45, 7) is 8.76. The second kappa shape index (κ2) is 7.96. The maximum absolute atomic E-state index is 13.6. The van der Waals surface area contributed by atoms with Crippen molar-refractivity contribution in [1.82, 2.24) is 10.6 Å². The summed E-state index contributed by atoms with van der Waals surface area (Å²) in [5, 5.41) is 6.76. The zero-order valence-electron chi connectivity index (χ0n) is 13.1. The van der Waals surface area contributed by atoms with Crippen LogP contribution in [0.4, 0.5) is 4.39 Å². The summed E-state index contributed by atoms with van der Waals surface area (Å²) < 4.78 is 13.6. The molecule has 21 heavy (non-hydrogen) atoms. The largest absolute Gasteiger partial charge is 0.353 e. The van der Waals surface area contributed by atoms with Crippen LogP contribution in [0.3, 0.4) is 0 Å². The van der Waals surface area contributed by atoms with Crippen LogP contribution in [0.25, 0.3) is 0 Å². The van der Waals surface area contributed by atoms with E-state index < -0.39 is 0 Å². The second-order valence-electron chi connectivity index (χ2n) is 5.66. The van der Waals surface area contributed by atoms with Crippen molar-refractivity contribution in [2.75, 3.05) is 6.54 Å². The van der Waals surface area contributed by atoms with Crippen molar-refractivity contribution in [2.24, 2.45) is 10.9 Å². The van der Waals surface area contributed by atoms with Gasteiger partial charge in [0.15, 0.2) is 5.96 Å². The number of aryl methyl sites for hydroxylation is 1. The lowest BCUT2D eigenvalue weighted by Gasteiger charge is -2.19. The average Bonchev–Trinajstić information content (AvgIpc) is 3.08. The van der Waals surface area contributed by atoms with E-state index in [1.807, 2.05) is 26.0 Å². The molecular weight excluding hydrogens is 380 g/mol. The first-order chi connectivity index (χ1) is 9.51. The van der Waals surface area contributed by atoms with Gasteiger partial charge in [0.05, 0.1) is 6.04 Å². The molecular formula is C16H25FIN3. The SMILES string of the molecule is CCN=C(NC(C)c1ccc(C)c(F)c1)NC1CC1C.I. The standard InChI is InChI=1S/C16H24FN3.HI/c1-5-18-16(20-15-8-11(15)3)19-12(4)13-7-6-10(2)14(17)9-13;/h6-7,9,11-12,15H,5,8H2,1-4H3,(H2,18,19,20);1H. The third-order valence-electron chi connectivity index (χ3n) is 3.80. The third kappa shape index (κ3) is 5.13. The molecule has 2 N–H and O–H groups in total. The van der Waals surface area contributed by atoms with Gasteiger partial charge in [-0.15, -0.1) is 24.0 Å². The Bertz CT molecular complexity index is 504. The predicted molar refractivity (Wildman–Crippen MR) is 96.8 cm³/mol. The second-order valence-corrected chi connectivity index (χ2v) is 5.66. The number of halogens is 2. The highest BCUT2D eigenvalue weighted by Gasteiger charge is 2.33. The van der Waals surface area contributed by atoms with Crippen molar-refractivity contribution in [3.8, 4) is 0 Å². The number of hydrogen-bond donors (Lipinski definition) is 2. The fraction of sp³-hybridized carbons (Fsp3) is 0.562. The Morgan fingerprint density at radius 1 is 1.48 bits per heavy atom. The molecule has 1 aliphatic rings. The zero-order chi connectivity index (χ0) is 14.7. The van der Waals surface area contributed by atoms with Gasteiger partial charge in [-0.25, -0.2) is 4.39 Å². The molecule has 0 radical (unpaired) electrons. The molecule has 3 atom stereocenters. The van der Waals surface area contributed by atoms with Crippen molar-refractivity contribution >= 4 is 29.9 Å². The molecule has 1 aromatic rings. The van der Waals surface area contributed by atoms with Crippen LogP contribution in [0, 0.1) is 18.7 Å². The fourth-order valence-corrected chi connectivity index (χ4v) is 2.16. The molecule has 118 valence electrons. The summed E-state index contributed by atoms with van der Waals surface area (Å²) in [5.74, 6) is 1.37. The van der Waals surface area contributed by atoms with E-state index in [9.17, 15) is 4.39 Å². The molecule has 0 aromatic heterocycles. The monoisotopic (exact) mass is 405 g/mol. The normalized spacial score (nSPS) is 22.2. The topological polar surface area (TPSA) is 36.4 Å². The molecule has 0 heterocycles. The minimum absolute atomic E-state index is 0. The molecule has 3 unspecified atom stereocenters. The van der Waals surface area contributed by atoms with Crippen LogP contribution in [0.2, 0.25) is 0 Å². The first-order valence-electron chi connectivity index (χ1n) is 7.34. The van der Waals surface area contributed by atoms with Crippen LogP contribution in [0.15, 0.2) is 23.2 Å². The average molecular weight is 405 g/mol. The Morgan fingerprint density at radius 2 is 2.14 bits per heavy atom. The van der Waals surface area contributed by atoms with E-state index in [4.69, 9.17) is 0 Å². The van der Waals surface area contributed by atoms with Crippen LogP contribution in [-0.2, 0) is 0 Å². The molecule has 1 aromatic carbocycles. The molecule has 3 nitrogen and oxygen atoms in total. The summed E-state index contributed by atoms with van der Waals surface area (Å²) >= 11 is 0. The Labute approximate surface area is 143 Å². The number of hydrogen-bond acceptors (Lipinski definition) is 1. The van der Waals surface area contributed by atoms with Crippen molar-refractivity contribution in [1.29, 1.82) is 0 Å². The third-order valence-corrected chi connectivity index (χ3v) is 3.80. The quantitative estimate of drug-likeness (QED) is 0.455. The van der Waals surface area contributed by atoms with Gasteiger partial charge in [0, 0.05) is 12.6 Å². The highest BCUT2D eigenvalue weighted by atomic mass is 127. The minimum atomic E-state index is -0.158. The summed E-state index contributed by atoms with van der Waals surface area (Å²) in [6.07, 6.45) is 1.19. The molecule has 0 aliphatic heterocycles. The number of aliphatic imine (C=N–C) groups is 1. The van der Waals surface area contributed by atoms with Crippen molar-refractivity contribution < 1.29 is 4.39 Å². The van der Waals surface area contributed by atoms with E-state index in [2.05, 4.69) is 22.5 Å². The van der Waals surface area contributed by atoms with Gasteiger partial charge < -0.3 is 10.6 Å². The summed E-state index contributed by atoms with van der Waals surface area (Å²) in [7, 11) is 0. The van der Waals surface area contributed by atoms with E-state index in [-0.39, 0.29) is 35.8 Å². The van der Waals surface area contributed by atoms with Gasteiger partial charge in [-0.05, 0) is 50.3 Å². The molecule has 0 amide bonds. The van der Waals surface area contributed by atoms with Gasteiger partial charge >= 0.3 is 0 Å². The molecule has 1 saturated carbocycles. The van der Waals surface area contributed by atoms with Crippen molar-refractivity contribution in [2.45, 2.75) is 46.2 Å². The maximum Gasteiger partial charge on any atom is 0.191 e. The Kier molecular flexibility index (Phi) is 6.90. The molecule has 0 bridgehead atoms. The molecule has 1 fully saturated rings. The molecule has 5 heteroatoms. The Balaban J connectivity index is 0.00000220. The molecule has 0 spiro atoms. The zero-order valence-corrected chi connectivity index (χ0v) is 15.4. The molecule has 1 aliphatic carbocycles. The number of nitrogens with one attached hydrogen (secondary N) is 2. The molecule has 0 saturated heterocycles. The van der Waals surface area contributed by atoms with E-state index in [1.54, 1.807) is 13.0 Å².